The van der Waals surface area contributed by atoms with Gasteiger partial charge in [0, 0.05) is 22.8 Å². The highest BCUT2D eigenvalue weighted by molar-refractivity contribution is 7.47. The number of fused-ring (bicyclic) bond motifs is 2. The van der Waals surface area contributed by atoms with E-state index in [9.17, 15) is 33.2 Å². The lowest BCUT2D eigenvalue weighted by Crippen LogP contribution is -2.57. The van der Waals surface area contributed by atoms with Gasteiger partial charge in [0.25, 0.3) is 0 Å². The summed E-state index contributed by atoms with van der Waals surface area (Å²) in [5, 5.41) is 10.9. The molecule has 3 N–H and O–H groups in total. The molecule has 2 aromatic heterocycles. The van der Waals surface area contributed by atoms with Crippen molar-refractivity contribution in [3.63, 3.8) is 0 Å². The van der Waals surface area contributed by atoms with Crippen molar-refractivity contribution in [1.29, 1.82) is 0 Å². The van der Waals surface area contributed by atoms with Crippen LogP contribution in [0.1, 0.15) is 30.9 Å². The molecule has 5 rings (SSSR count). The van der Waals surface area contributed by atoms with Gasteiger partial charge in [-0.2, -0.15) is 0 Å². The summed E-state index contributed by atoms with van der Waals surface area (Å²) < 4.78 is 45.2. The third kappa shape index (κ3) is 6.11. The molecule has 0 spiro atoms. The molecule has 0 saturated heterocycles. The number of aromatic nitrogens is 2. The van der Waals surface area contributed by atoms with Crippen molar-refractivity contribution in [2.24, 2.45) is 0 Å². The van der Waals surface area contributed by atoms with Crippen LogP contribution in [0.25, 0.3) is 33.1 Å². The molecule has 0 bridgehead atoms. The van der Waals surface area contributed by atoms with E-state index in [-0.39, 0.29) is 5.92 Å². The Bertz CT molecular complexity index is 2090. The van der Waals surface area contributed by atoms with E-state index in [1.165, 1.54) is 30.3 Å². The lowest BCUT2D eigenvalue weighted by Gasteiger charge is -2.40. The summed E-state index contributed by atoms with van der Waals surface area (Å²) >= 11 is 0. The summed E-state index contributed by atoms with van der Waals surface area (Å²) in [6.07, 6.45) is 1.36. The largest absolute Gasteiger partial charge is 0.423 e. The summed E-state index contributed by atoms with van der Waals surface area (Å²) in [6.45, 7) is 11.3. The Balaban J connectivity index is 1.72. The number of para-hydroxylation sites is 2. The van der Waals surface area contributed by atoms with Crippen LogP contribution < -0.4 is 10.2 Å². The van der Waals surface area contributed by atoms with Crippen molar-refractivity contribution in [3.05, 3.63) is 121 Å². The van der Waals surface area contributed by atoms with Crippen molar-refractivity contribution < 1.29 is 37.9 Å². The first kappa shape index (κ1) is 34.0. The van der Waals surface area contributed by atoms with Crippen LogP contribution in [0.3, 0.4) is 0 Å². The Labute approximate surface area is 271 Å². The second kappa shape index (κ2) is 13.4. The SMILES string of the molecule is C=CC(O)(Cc1c(-c2ccc(F)cc2)nc2ccccc2c1C(C)C)C(C=C)(C(=O)Oc1cc2ccccc2nc1[PH](=O)O)[PH](=O)O. The van der Waals surface area contributed by atoms with Crippen LogP contribution in [0.4, 0.5) is 4.39 Å². The zero-order valence-corrected chi connectivity index (χ0v) is 27.6. The minimum absolute atomic E-state index is 0.171. The zero-order valence-electron chi connectivity index (χ0n) is 25.6. The predicted octanol–water partition coefficient (Wildman–Crippen LogP) is 6.26. The van der Waals surface area contributed by atoms with E-state index in [1.54, 1.807) is 24.3 Å². The van der Waals surface area contributed by atoms with Gasteiger partial charge in [-0.25, -0.2) is 19.2 Å². The molecule has 47 heavy (non-hydrogen) atoms. The number of benzene rings is 3. The second-order valence-electron chi connectivity index (χ2n) is 11.4. The average Bonchev–Trinajstić information content (AvgIpc) is 3.04. The van der Waals surface area contributed by atoms with E-state index < -0.39 is 56.2 Å². The molecule has 0 fully saturated rings. The maximum Gasteiger partial charge on any atom is 0.334 e. The number of carbonyl (C=O) groups is 1. The molecule has 4 atom stereocenters. The lowest BCUT2D eigenvalue weighted by molar-refractivity contribution is -0.141. The Kier molecular flexibility index (Phi) is 9.73. The summed E-state index contributed by atoms with van der Waals surface area (Å²) in [5.41, 5.74) is 0.0548. The van der Waals surface area contributed by atoms with E-state index in [4.69, 9.17) is 9.72 Å². The van der Waals surface area contributed by atoms with E-state index in [0.29, 0.717) is 33.2 Å². The molecule has 3 aromatic carbocycles. The van der Waals surface area contributed by atoms with Crippen molar-refractivity contribution in [2.75, 3.05) is 0 Å². The number of nitrogens with zero attached hydrogens (tertiary/aromatic N) is 2. The number of esters is 1. The summed E-state index contributed by atoms with van der Waals surface area (Å²) in [4.78, 5) is 44.1. The maximum atomic E-state index is 14.1. The first-order valence-corrected chi connectivity index (χ1v) is 17.3. The number of hydrogen-bond acceptors (Lipinski definition) is 7. The van der Waals surface area contributed by atoms with Gasteiger partial charge in [0.1, 0.15) is 11.4 Å². The minimum atomic E-state index is -4.11. The Morgan fingerprint density at radius 1 is 0.957 bits per heavy atom. The molecule has 5 aromatic rings. The Hall–Kier alpha value is -4.30. The van der Waals surface area contributed by atoms with E-state index in [2.05, 4.69) is 18.1 Å². The fraction of sp³-hybridized carbons (Fsp3) is 0.171. The van der Waals surface area contributed by atoms with Gasteiger partial charge in [-0.05, 0) is 59.5 Å². The number of aliphatic hydroxyl groups is 1. The molecule has 12 heteroatoms. The number of ether oxygens (including phenoxy) is 1. The zero-order chi connectivity index (χ0) is 34.1. The normalized spacial score (nSPS) is 15.5. The third-order valence-corrected chi connectivity index (χ3v) is 10.5. The van der Waals surface area contributed by atoms with Crippen molar-refractivity contribution >= 4 is 49.3 Å². The highest BCUT2D eigenvalue weighted by Crippen LogP contribution is 2.50. The second-order valence-corrected chi connectivity index (χ2v) is 13.9. The molecule has 2 heterocycles. The van der Waals surface area contributed by atoms with E-state index in [0.717, 1.165) is 23.1 Å². The van der Waals surface area contributed by atoms with Gasteiger partial charge in [0.2, 0.25) is 16.1 Å². The molecule has 0 aliphatic heterocycles. The number of rotatable bonds is 11. The summed E-state index contributed by atoms with van der Waals surface area (Å²) in [6, 6.07) is 20.9. The number of carbonyl (C=O) groups excluding carboxylic acids is 1. The third-order valence-electron chi connectivity index (χ3n) is 8.26. The predicted molar refractivity (Wildman–Crippen MR) is 182 cm³/mol. The molecule has 0 aliphatic carbocycles. The monoisotopic (exact) mass is 674 g/mol. The van der Waals surface area contributed by atoms with Crippen LogP contribution in [-0.2, 0) is 20.3 Å². The molecule has 0 radical (unpaired) electrons. The van der Waals surface area contributed by atoms with Gasteiger partial charge in [0.15, 0.2) is 16.3 Å². The van der Waals surface area contributed by atoms with Crippen molar-refractivity contribution in [3.8, 4) is 17.0 Å². The van der Waals surface area contributed by atoms with Crippen LogP contribution in [0.15, 0.2) is 104 Å². The summed E-state index contributed by atoms with van der Waals surface area (Å²) in [5.74, 6) is -2.46. The van der Waals surface area contributed by atoms with E-state index in [1.807, 2.05) is 38.1 Å². The van der Waals surface area contributed by atoms with Crippen molar-refractivity contribution in [1.82, 2.24) is 9.97 Å². The standard InChI is InChI=1S/C35H33FN2O7P2/c1-5-34(40,20-26-30(21(3)4)25-12-8-10-14-28(25)37-31(26)22-15-17-24(36)18-16-22)35(6-2,47(43)44)33(39)45-29-19-23-11-7-9-13-27(23)38-32(29)46(41)42/h5-19,21,40,46-47H,1-2,20H2,3-4H3,(H,41,42)(H,43,44). The fourth-order valence-corrected chi connectivity index (χ4v) is 7.42. The molecule has 0 aliphatic rings. The Morgan fingerprint density at radius 3 is 2.19 bits per heavy atom. The van der Waals surface area contributed by atoms with Crippen molar-refractivity contribution in [2.45, 2.75) is 36.9 Å². The fourth-order valence-electron chi connectivity index (χ4n) is 5.91. The maximum absolute atomic E-state index is 14.1. The van der Waals surface area contributed by atoms with Gasteiger partial charge in [0.05, 0.1) is 16.7 Å². The van der Waals surface area contributed by atoms with Gasteiger partial charge in [-0.3, -0.25) is 9.13 Å². The highest BCUT2D eigenvalue weighted by Gasteiger charge is 2.59. The van der Waals surface area contributed by atoms with Crippen LogP contribution in [0, 0.1) is 5.82 Å². The summed E-state index contributed by atoms with van der Waals surface area (Å²) in [7, 11) is -7.63. The number of halogens is 1. The van der Waals surface area contributed by atoms with Gasteiger partial charge in [-0.15, -0.1) is 13.2 Å². The molecule has 0 saturated carbocycles. The first-order chi connectivity index (χ1) is 22.4. The highest BCUT2D eigenvalue weighted by atomic mass is 31.1. The van der Waals surface area contributed by atoms with Crippen LogP contribution >= 0.6 is 16.1 Å². The Morgan fingerprint density at radius 2 is 1.60 bits per heavy atom. The topological polar surface area (TPSA) is 147 Å². The minimum Gasteiger partial charge on any atom is -0.423 e. The lowest BCUT2D eigenvalue weighted by atomic mass is 9.77. The van der Waals surface area contributed by atoms with Crippen LogP contribution in [-0.4, -0.2) is 41.6 Å². The molecule has 0 amide bonds. The number of pyridine rings is 2. The molecule has 9 nitrogen and oxygen atoms in total. The molecule has 242 valence electrons. The van der Waals surface area contributed by atoms with Gasteiger partial charge in [-0.1, -0.05) is 62.4 Å². The quantitative estimate of drug-likeness (QED) is 0.0839. The first-order valence-electron chi connectivity index (χ1n) is 14.6. The van der Waals surface area contributed by atoms with Gasteiger partial charge >= 0.3 is 5.97 Å². The molecule has 4 unspecified atom stereocenters. The van der Waals surface area contributed by atoms with E-state index >= 15 is 0 Å². The smallest absolute Gasteiger partial charge is 0.334 e. The average molecular weight is 675 g/mol. The van der Waals surface area contributed by atoms with Gasteiger partial charge < -0.3 is 19.6 Å². The van der Waals surface area contributed by atoms with Crippen LogP contribution in [0.5, 0.6) is 5.75 Å². The molecular formula is C35H33FN2O7P2. The number of hydrogen-bond donors (Lipinski definition) is 3. The molecular weight excluding hydrogens is 641 g/mol. The van der Waals surface area contributed by atoms with Crippen LogP contribution in [0.2, 0.25) is 0 Å².